The normalized spacial score (nSPS) is 10.4. The van der Waals surface area contributed by atoms with Gasteiger partial charge in [0.25, 0.3) is 5.95 Å². The number of nitrogens with zero attached hydrogens (tertiary/aromatic N) is 5. The first-order valence-corrected chi connectivity index (χ1v) is 6.38. The Hall–Kier alpha value is -2.96. The van der Waals surface area contributed by atoms with Gasteiger partial charge in [-0.15, -0.1) is 0 Å². The molecule has 0 unspecified atom stereocenters. The van der Waals surface area contributed by atoms with Gasteiger partial charge >= 0.3 is 0 Å². The predicted octanol–water partition coefficient (Wildman–Crippen LogP) is 1.77. The van der Waals surface area contributed by atoms with E-state index in [-0.39, 0.29) is 0 Å². The van der Waals surface area contributed by atoms with Crippen LogP contribution >= 0.6 is 0 Å². The molecule has 0 fully saturated rings. The van der Waals surface area contributed by atoms with Crippen molar-refractivity contribution in [1.29, 1.82) is 0 Å². The summed E-state index contributed by atoms with van der Waals surface area (Å²) < 4.78 is 6.75. The molecule has 7 nitrogen and oxygen atoms in total. The van der Waals surface area contributed by atoms with Gasteiger partial charge in [-0.25, -0.2) is 4.68 Å². The molecule has 0 radical (unpaired) electrons. The summed E-state index contributed by atoms with van der Waals surface area (Å²) in [6.45, 7) is 0. The number of nitrogens with one attached hydrogen (secondary N) is 1. The maximum Gasteiger partial charge on any atom is 0.255 e. The topological polar surface area (TPSA) is 77.8 Å². The number of benzene rings is 1. The number of hydrogen-bond donors (Lipinski definition) is 1. The molecule has 0 bridgehead atoms. The van der Waals surface area contributed by atoms with Crippen LogP contribution in [0.2, 0.25) is 0 Å². The van der Waals surface area contributed by atoms with Crippen molar-refractivity contribution in [1.82, 2.24) is 24.7 Å². The molecule has 3 aromatic rings. The van der Waals surface area contributed by atoms with Gasteiger partial charge < -0.3 is 10.1 Å². The zero-order valence-corrected chi connectivity index (χ0v) is 11.7. The maximum absolute atomic E-state index is 5.15. The summed E-state index contributed by atoms with van der Waals surface area (Å²) in [6, 6.07) is 9.36. The van der Waals surface area contributed by atoms with Crippen LogP contribution in [0, 0.1) is 0 Å². The summed E-state index contributed by atoms with van der Waals surface area (Å²) in [5.74, 6) is 2.31. The largest absolute Gasteiger partial charge is 0.497 e. The molecule has 1 N–H and O–H groups in total. The third kappa shape index (κ3) is 2.66. The molecule has 0 amide bonds. The Morgan fingerprint density at radius 2 is 1.90 bits per heavy atom. The molecule has 1 aromatic carbocycles. The smallest absolute Gasteiger partial charge is 0.255 e. The molecule has 0 saturated carbocycles. The van der Waals surface area contributed by atoms with Gasteiger partial charge in [0.15, 0.2) is 5.82 Å². The average molecular weight is 282 g/mol. The minimum atomic E-state index is 0.463. The molecule has 2 heterocycles. The van der Waals surface area contributed by atoms with Crippen LogP contribution in [0.3, 0.4) is 0 Å². The second-order valence-corrected chi connectivity index (χ2v) is 4.21. The highest BCUT2D eigenvalue weighted by Gasteiger charge is 2.09. The minimum Gasteiger partial charge on any atom is -0.497 e. The van der Waals surface area contributed by atoms with Crippen LogP contribution < -0.4 is 10.1 Å². The van der Waals surface area contributed by atoms with E-state index in [0.29, 0.717) is 17.7 Å². The fraction of sp³-hybridized carbons (Fsp3) is 0.143. The lowest BCUT2D eigenvalue weighted by molar-refractivity contribution is 0.415. The van der Waals surface area contributed by atoms with Gasteiger partial charge in [-0.3, -0.25) is 0 Å². The van der Waals surface area contributed by atoms with Crippen molar-refractivity contribution < 1.29 is 4.74 Å². The zero-order chi connectivity index (χ0) is 14.7. The highest BCUT2D eigenvalue weighted by molar-refractivity contribution is 5.58. The standard InChI is InChI=1S/C14H14N6O/c1-15-13-17-12(10-4-6-11(21-2)7-5-10)18-14(19-13)20-9-3-8-16-20/h3-9H,1-2H3,(H,15,17,18,19). The lowest BCUT2D eigenvalue weighted by atomic mass is 10.2. The molecular formula is C14H14N6O. The predicted molar refractivity (Wildman–Crippen MR) is 78.5 cm³/mol. The van der Waals surface area contributed by atoms with Crippen molar-refractivity contribution in [3.05, 3.63) is 42.7 Å². The van der Waals surface area contributed by atoms with Crippen molar-refractivity contribution >= 4 is 5.95 Å². The summed E-state index contributed by atoms with van der Waals surface area (Å²) >= 11 is 0. The molecule has 21 heavy (non-hydrogen) atoms. The summed E-state index contributed by atoms with van der Waals surface area (Å²) in [5.41, 5.74) is 0.878. The molecule has 0 aliphatic carbocycles. The Morgan fingerprint density at radius 1 is 1.10 bits per heavy atom. The van der Waals surface area contributed by atoms with Crippen LogP contribution in [0.5, 0.6) is 5.75 Å². The van der Waals surface area contributed by atoms with E-state index in [1.807, 2.05) is 30.3 Å². The van der Waals surface area contributed by atoms with E-state index in [2.05, 4.69) is 25.4 Å². The van der Waals surface area contributed by atoms with Crippen molar-refractivity contribution in [2.75, 3.05) is 19.5 Å². The number of methoxy groups -OCH3 is 1. The Balaban J connectivity index is 2.06. The first-order chi connectivity index (χ1) is 10.3. The van der Waals surface area contributed by atoms with Crippen molar-refractivity contribution in [3.63, 3.8) is 0 Å². The van der Waals surface area contributed by atoms with E-state index in [0.717, 1.165) is 11.3 Å². The Kier molecular flexibility index (Phi) is 3.46. The third-order valence-electron chi connectivity index (χ3n) is 2.90. The third-order valence-corrected chi connectivity index (χ3v) is 2.90. The van der Waals surface area contributed by atoms with Crippen LogP contribution in [0.4, 0.5) is 5.95 Å². The van der Waals surface area contributed by atoms with Crippen molar-refractivity contribution in [3.8, 4) is 23.1 Å². The van der Waals surface area contributed by atoms with E-state index < -0.39 is 0 Å². The molecule has 2 aromatic heterocycles. The van der Waals surface area contributed by atoms with Gasteiger partial charge in [0, 0.05) is 25.0 Å². The second-order valence-electron chi connectivity index (χ2n) is 4.21. The summed E-state index contributed by atoms with van der Waals surface area (Å²) in [6.07, 6.45) is 3.46. The quantitative estimate of drug-likeness (QED) is 0.786. The highest BCUT2D eigenvalue weighted by atomic mass is 16.5. The lowest BCUT2D eigenvalue weighted by Crippen LogP contribution is -2.08. The summed E-state index contributed by atoms with van der Waals surface area (Å²) in [4.78, 5) is 13.1. The van der Waals surface area contributed by atoms with Crippen molar-refractivity contribution in [2.45, 2.75) is 0 Å². The molecule has 7 heteroatoms. The number of rotatable bonds is 4. The second kappa shape index (κ2) is 5.58. The van der Waals surface area contributed by atoms with Crippen LogP contribution in [-0.2, 0) is 0 Å². The SMILES string of the molecule is CNc1nc(-c2ccc(OC)cc2)nc(-n2cccn2)n1. The Labute approximate surface area is 121 Å². The molecule has 0 saturated heterocycles. The maximum atomic E-state index is 5.15. The number of aromatic nitrogens is 5. The summed E-state index contributed by atoms with van der Waals surface area (Å²) in [7, 11) is 3.40. The van der Waals surface area contributed by atoms with Gasteiger partial charge in [0.1, 0.15) is 5.75 Å². The lowest BCUT2D eigenvalue weighted by Gasteiger charge is -2.07. The van der Waals surface area contributed by atoms with E-state index in [1.165, 1.54) is 0 Å². The fourth-order valence-electron chi connectivity index (χ4n) is 1.84. The average Bonchev–Trinajstić information content (AvgIpc) is 3.09. The van der Waals surface area contributed by atoms with E-state index >= 15 is 0 Å². The number of ether oxygens (including phenoxy) is 1. The zero-order valence-electron chi connectivity index (χ0n) is 11.7. The molecule has 0 aliphatic rings. The van der Waals surface area contributed by atoms with E-state index in [4.69, 9.17) is 4.74 Å². The van der Waals surface area contributed by atoms with Gasteiger partial charge in [-0.2, -0.15) is 20.1 Å². The van der Waals surface area contributed by atoms with E-state index in [1.54, 1.807) is 31.2 Å². The molecule has 3 rings (SSSR count). The fourth-order valence-corrected chi connectivity index (χ4v) is 1.84. The Morgan fingerprint density at radius 3 is 2.52 bits per heavy atom. The number of hydrogen-bond acceptors (Lipinski definition) is 6. The van der Waals surface area contributed by atoms with Crippen LogP contribution in [-0.4, -0.2) is 38.9 Å². The number of anilines is 1. The van der Waals surface area contributed by atoms with Gasteiger partial charge in [0.05, 0.1) is 7.11 Å². The monoisotopic (exact) mass is 282 g/mol. The molecule has 106 valence electrons. The first-order valence-electron chi connectivity index (χ1n) is 6.38. The highest BCUT2D eigenvalue weighted by Crippen LogP contribution is 2.20. The van der Waals surface area contributed by atoms with E-state index in [9.17, 15) is 0 Å². The van der Waals surface area contributed by atoms with Crippen LogP contribution in [0.25, 0.3) is 17.3 Å². The van der Waals surface area contributed by atoms with Gasteiger partial charge in [-0.1, -0.05) is 0 Å². The minimum absolute atomic E-state index is 0.463. The van der Waals surface area contributed by atoms with Crippen molar-refractivity contribution in [2.24, 2.45) is 0 Å². The summed E-state index contributed by atoms with van der Waals surface area (Å²) in [5, 5.41) is 7.07. The molecule has 0 spiro atoms. The molecule has 0 atom stereocenters. The van der Waals surface area contributed by atoms with Crippen LogP contribution in [0.1, 0.15) is 0 Å². The van der Waals surface area contributed by atoms with Gasteiger partial charge in [0.2, 0.25) is 5.95 Å². The van der Waals surface area contributed by atoms with Crippen LogP contribution in [0.15, 0.2) is 42.7 Å². The first kappa shape index (κ1) is 13.0. The Bertz CT molecular complexity index is 724. The molecular weight excluding hydrogens is 268 g/mol. The van der Waals surface area contributed by atoms with Gasteiger partial charge in [-0.05, 0) is 30.3 Å². The molecule has 0 aliphatic heterocycles.